The fourth-order valence-electron chi connectivity index (χ4n) is 1.30. The molecule has 0 spiro atoms. The van der Waals surface area contributed by atoms with Crippen molar-refractivity contribution in [2.24, 2.45) is 0 Å². The summed E-state index contributed by atoms with van der Waals surface area (Å²) in [6.45, 7) is 4.34. The van der Waals surface area contributed by atoms with E-state index in [1.54, 1.807) is 6.08 Å². The number of Topliss-reactive ketones (excluding diaryl/α,β-unsaturated/α-hetero) is 1. The molecular weight excluding hydrogens is 140 g/mol. The zero-order valence-electron chi connectivity index (χ0n) is 6.71. The van der Waals surface area contributed by atoms with Crippen LogP contribution in [0.4, 0.5) is 0 Å². The van der Waals surface area contributed by atoms with Crippen molar-refractivity contribution >= 4 is 5.78 Å². The van der Waals surface area contributed by atoms with E-state index in [0.29, 0.717) is 12.8 Å². The van der Waals surface area contributed by atoms with Crippen LogP contribution in [0.1, 0.15) is 25.7 Å². The second-order valence-corrected chi connectivity index (χ2v) is 2.87. The van der Waals surface area contributed by atoms with Crippen LogP contribution in [0.25, 0.3) is 0 Å². The number of carbonyl (C=O) groups excluding carboxylic acids is 1. The molecule has 1 heterocycles. The molecule has 2 nitrogen and oxygen atoms in total. The molecule has 1 fully saturated rings. The topological polar surface area (TPSA) is 26.3 Å². The molecule has 1 rings (SSSR count). The largest absolute Gasteiger partial charge is 0.378 e. The van der Waals surface area contributed by atoms with Crippen LogP contribution >= 0.6 is 0 Å². The SMILES string of the molecule is C=CCC(=O)CC1CCCO1. The average Bonchev–Trinajstić information content (AvgIpc) is 2.40. The van der Waals surface area contributed by atoms with Gasteiger partial charge in [-0.3, -0.25) is 4.79 Å². The van der Waals surface area contributed by atoms with Gasteiger partial charge in [0.15, 0.2) is 0 Å². The van der Waals surface area contributed by atoms with E-state index >= 15 is 0 Å². The summed E-state index contributed by atoms with van der Waals surface area (Å²) < 4.78 is 5.31. The second kappa shape index (κ2) is 4.29. The zero-order valence-corrected chi connectivity index (χ0v) is 6.71. The highest BCUT2D eigenvalue weighted by molar-refractivity contribution is 5.80. The average molecular weight is 154 g/mol. The Balaban J connectivity index is 2.18. The van der Waals surface area contributed by atoms with Crippen LogP contribution in [0.15, 0.2) is 12.7 Å². The van der Waals surface area contributed by atoms with Gasteiger partial charge in [0, 0.05) is 19.4 Å². The molecule has 1 aliphatic heterocycles. The lowest BCUT2D eigenvalue weighted by Gasteiger charge is -2.05. The first-order valence-corrected chi connectivity index (χ1v) is 4.07. The number of ketones is 1. The predicted octanol–water partition coefficient (Wildman–Crippen LogP) is 1.70. The summed E-state index contributed by atoms with van der Waals surface area (Å²) in [5, 5.41) is 0. The number of hydrogen-bond acceptors (Lipinski definition) is 2. The third-order valence-electron chi connectivity index (χ3n) is 1.85. The molecule has 0 N–H and O–H groups in total. The Morgan fingerprint density at radius 3 is 3.09 bits per heavy atom. The standard InChI is InChI=1S/C9H14O2/c1-2-4-8(10)7-9-5-3-6-11-9/h2,9H,1,3-7H2. The normalized spacial score (nSPS) is 23.5. The molecule has 0 aromatic rings. The van der Waals surface area contributed by atoms with Gasteiger partial charge in [0.05, 0.1) is 6.10 Å². The molecule has 0 bridgehead atoms. The molecule has 11 heavy (non-hydrogen) atoms. The summed E-state index contributed by atoms with van der Waals surface area (Å²) in [4.78, 5) is 11.0. The number of carbonyl (C=O) groups is 1. The summed E-state index contributed by atoms with van der Waals surface area (Å²) in [5.41, 5.74) is 0. The third kappa shape index (κ3) is 2.85. The van der Waals surface area contributed by atoms with Crippen molar-refractivity contribution in [1.29, 1.82) is 0 Å². The van der Waals surface area contributed by atoms with E-state index in [0.717, 1.165) is 19.4 Å². The van der Waals surface area contributed by atoms with Crippen LogP contribution < -0.4 is 0 Å². The van der Waals surface area contributed by atoms with Crippen molar-refractivity contribution in [3.05, 3.63) is 12.7 Å². The molecule has 1 atom stereocenters. The highest BCUT2D eigenvalue weighted by Gasteiger charge is 2.17. The van der Waals surface area contributed by atoms with E-state index < -0.39 is 0 Å². The summed E-state index contributed by atoms with van der Waals surface area (Å²) in [6, 6.07) is 0. The minimum absolute atomic E-state index is 0.197. The Hall–Kier alpha value is -0.630. The molecule has 1 aliphatic rings. The first-order valence-electron chi connectivity index (χ1n) is 4.07. The summed E-state index contributed by atoms with van der Waals surface area (Å²) in [7, 11) is 0. The van der Waals surface area contributed by atoms with Gasteiger partial charge < -0.3 is 4.74 Å². The van der Waals surface area contributed by atoms with Gasteiger partial charge in [-0.1, -0.05) is 6.08 Å². The smallest absolute Gasteiger partial charge is 0.139 e. The number of ether oxygens (including phenoxy) is 1. The minimum Gasteiger partial charge on any atom is -0.378 e. The van der Waals surface area contributed by atoms with Gasteiger partial charge >= 0.3 is 0 Å². The highest BCUT2D eigenvalue weighted by atomic mass is 16.5. The molecule has 0 saturated carbocycles. The second-order valence-electron chi connectivity index (χ2n) is 2.87. The summed E-state index contributed by atoms with van der Waals surface area (Å²) in [6.07, 6.45) is 5.06. The summed E-state index contributed by atoms with van der Waals surface area (Å²) in [5.74, 6) is 0.243. The van der Waals surface area contributed by atoms with Gasteiger partial charge in [-0.05, 0) is 12.8 Å². The Kier molecular flexibility index (Phi) is 3.30. The fourth-order valence-corrected chi connectivity index (χ4v) is 1.30. The van der Waals surface area contributed by atoms with Crippen LogP contribution in [-0.4, -0.2) is 18.5 Å². The van der Waals surface area contributed by atoms with E-state index in [9.17, 15) is 4.79 Å². The molecule has 1 unspecified atom stereocenters. The van der Waals surface area contributed by atoms with Gasteiger partial charge in [0.25, 0.3) is 0 Å². The summed E-state index contributed by atoms with van der Waals surface area (Å²) >= 11 is 0. The van der Waals surface area contributed by atoms with Crippen molar-refractivity contribution in [2.75, 3.05) is 6.61 Å². The van der Waals surface area contributed by atoms with E-state index in [4.69, 9.17) is 4.74 Å². The molecule has 0 radical (unpaired) electrons. The fraction of sp³-hybridized carbons (Fsp3) is 0.667. The maximum atomic E-state index is 11.0. The number of allylic oxidation sites excluding steroid dienone is 1. The van der Waals surface area contributed by atoms with E-state index in [1.165, 1.54) is 0 Å². The molecule has 2 heteroatoms. The maximum Gasteiger partial charge on any atom is 0.139 e. The van der Waals surface area contributed by atoms with Crippen LogP contribution in [0.5, 0.6) is 0 Å². The van der Waals surface area contributed by atoms with Crippen molar-refractivity contribution in [3.63, 3.8) is 0 Å². The molecule has 62 valence electrons. The van der Waals surface area contributed by atoms with E-state index in [1.807, 2.05) is 0 Å². The zero-order chi connectivity index (χ0) is 8.10. The lowest BCUT2D eigenvalue weighted by Crippen LogP contribution is -2.11. The Labute approximate surface area is 67.2 Å². The molecular formula is C9H14O2. The van der Waals surface area contributed by atoms with Crippen LogP contribution in [-0.2, 0) is 9.53 Å². The van der Waals surface area contributed by atoms with Crippen molar-refractivity contribution < 1.29 is 9.53 Å². The highest BCUT2D eigenvalue weighted by Crippen LogP contribution is 2.15. The van der Waals surface area contributed by atoms with Gasteiger partial charge in [-0.15, -0.1) is 6.58 Å². The monoisotopic (exact) mass is 154 g/mol. The predicted molar refractivity (Wildman–Crippen MR) is 43.4 cm³/mol. The number of hydrogen-bond donors (Lipinski definition) is 0. The number of rotatable bonds is 4. The first kappa shape index (κ1) is 8.47. The van der Waals surface area contributed by atoms with Crippen LogP contribution in [0.2, 0.25) is 0 Å². The van der Waals surface area contributed by atoms with E-state index in [2.05, 4.69) is 6.58 Å². The maximum absolute atomic E-state index is 11.0. The third-order valence-corrected chi connectivity index (χ3v) is 1.85. The Morgan fingerprint density at radius 2 is 2.55 bits per heavy atom. The lowest BCUT2D eigenvalue weighted by atomic mass is 10.1. The molecule has 0 amide bonds. The van der Waals surface area contributed by atoms with E-state index in [-0.39, 0.29) is 11.9 Å². The Bertz CT molecular complexity index is 146. The molecule has 0 aliphatic carbocycles. The van der Waals surface area contributed by atoms with Crippen LogP contribution in [0, 0.1) is 0 Å². The van der Waals surface area contributed by atoms with Crippen molar-refractivity contribution in [2.45, 2.75) is 31.8 Å². The van der Waals surface area contributed by atoms with Gasteiger partial charge in [-0.2, -0.15) is 0 Å². The van der Waals surface area contributed by atoms with Crippen molar-refractivity contribution in [1.82, 2.24) is 0 Å². The van der Waals surface area contributed by atoms with Gasteiger partial charge in [-0.25, -0.2) is 0 Å². The minimum atomic E-state index is 0.197. The lowest BCUT2D eigenvalue weighted by molar-refractivity contribution is -0.120. The molecule has 0 aromatic carbocycles. The van der Waals surface area contributed by atoms with Gasteiger partial charge in [0.2, 0.25) is 0 Å². The molecule has 1 saturated heterocycles. The van der Waals surface area contributed by atoms with Crippen molar-refractivity contribution in [3.8, 4) is 0 Å². The Morgan fingerprint density at radius 1 is 1.73 bits per heavy atom. The van der Waals surface area contributed by atoms with Crippen LogP contribution in [0.3, 0.4) is 0 Å². The van der Waals surface area contributed by atoms with Gasteiger partial charge in [0.1, 0.15) is 5.78 Å². The molecule has 0 aromatic heterocycles. The quantitative estimate of drug-likeness (QED) is 0.576. The first-order chi connectivity index (χ1) is 5.33.